The lowest BCUT2D eigenvalue weighted by atomic mass is 9.68. The fraction of sp³-hybridized carbons (Fsp3) is 0.588. The first-order chi connectivity index (χ1) is 10.6. The fourth-order valence-electron chi connectivity index (χ4n) is 2.92. The van der Waals surface area contributed by atoms with Crippen molar-refractivity contribution < 1.29 is 19.0 Å². The molecule has 0 bridgehead atoms. The van der Waals surface area contributed by atoms with Crippen LogP contribution in [0.25, 0.3) is 0 Å². The summed E-state index contributed by atoms with van der Waals surface area (Å²) in [6.45, 7) is 2.44. The predicted octanol–water partition coefficient (Wildman–Crippen LogP) is 2.70. The Bertz CT molecular complexity index is 525. The monoisotopic (exact) mass is 307 g/mol. The molecule has 0 heterocycles. The van der Waals surface area contributed by atoms with Crippen LogP contribution in [0.1, 0.15) is 37.8 Å². The summed E-state index contributed by atoms with van der Waals surface area (Å²) in [5, 5.41) is 3.10. The lowest BCUT2D eigenvalue weighted by molar-refractivity contribution is -0.141. The largest absolute Gasteiger partial charge is 0.497 e. The standard InChI is InChI=1S/C17H25NO4/c1-12(14-7-6-13(21-3)10-15(14)22-4)18-16(19)17(11-20-2)8-5-9-17/h6-7,10,12H,5,8-9,11H2,1-4H3,(H,18,19)/t12-/m1/s1. The summed E-state index contributed by atoms with van der Waals surface area (Å²) < 4.78 is 15.8. The van der Waals surface area contributed by atoms with Crippen LogP contribution in [0.4, 0.5) is 0 Å². The highest BCUT2D eigenvalue weighted by molar-refractivity contribution is 5.84. The van der Waals surface area contributed by atoms with Gasteiger partial charge < -0.3 is 19.5 Å². The summed E-state index contributed by atoms with van der Waals surface area (Å²) in [6.07, 6.45) is 2.86. The molecule has 0 spiro atoms. The van der Waals surface area contributed by atoms with E-state index in [4.69, 9.17) is 14.2 Å². The molecule has 0 aliphatic heterocycles. The lowest BCUT2D eigenvalue weighted by Crippen LogP contribution is -2.49. The number of benzene rings is 1. The molecule has 1 aromatic carbocycles. The quantitative estimate of drug-likeness (QED) is 0.841. The number of ether oxygens (including phenoxy) is 3. The molecule has 0 unspecified atom stereocenters. The van der Waals surface area contributed by atoms with Crippen LogP contribution in [0.2, 0.25) is 0 Å². The molecule has 122 valence electrons. The highest BCUT2D eigenvalue weighted by Gasteiger charge is 2.44. The van der Waals surface area contributed by atoms with Gasteiger partial charge in [-0.1, -0.05) is 6.42 Å². The van der Waals surface area contributed by atoms with E-state index in [1.807, 2.05) is 25.1 Å². The van der Waals surface area contributed by atoms with Gasteiger partial charge in [-0.15, -0.1) is 0 Å². The minimum absolute atomic E-state index is 0.0611. The number of carbonyl (C=O) groups excluding carboxylic acids is 1. The van der Waals surface area contributed by atoms with Crippen molar-refractivity contribution in [1.82, 2.24) is 5.32 Å². The predicted molar refractivity (Wildman–Crippen MR) is 84.3 cm³/mol. The van der Waals surface area contributed by atoms with Gasteiger partial charge in [0.25, 0.3) is 0 Å². The first-order valence-corrected chi connectivity index (χ1v) is 7.58. The molecule has 0 aromatic heterocycles. The SMILES string of the molecule is COCC1(C(=O)N[C@H](C)c2ccc(OC)cc2OC)CCC1. The van der Waals surface area contributed by atoms with Crippen LogP contribution in [0.3, 0.4) is 0 Å². The summed E-state index contributed by atoms with van der Waals surface area (Å²) >= 11 is 0. The zero-order valence-electron chi connectivity index (χ0n) is 13.8. The van der Waals surface area contributed by atoms with Gasteiger partial charge in [0.15, 0.2) is 0 Å². The zero-order valence-corrected chi connectivity index (χ0v) is 13.8. The molecule has 1 atom stereocenters. The molecule has 1 aliphatic carbocycles. The average Bonchev–Trinajstić information content (AvgIpc) is 2.49. The Morgan fingerprint density at radius 1 is 1.27 bits per heavy atom. The topological polar surface area (TPSA) is 56.8 Å². The molecular weight excluding hydrogens is 282 g/mol. The van der Waals surface area contributed by atoms with Crippen LogP contribution in [-0.2, 0) is 9.53 Å². The Labute approximate surface area is 131 Å². The molecule has 5 heteroatoms. The number of hydrogen-bond acceptors (Lipinski definition) is 4. The van der Waals surface area contributed by atoms with Gasteiger partial charge >= 0.3 is 0 Å². The first-order valence-electron chi connectivity index (χ1n) is 7.58. The zero-order chi connectivity index (χ0) is 16.2. The second kappa shape index (κ2) is 7.01. The Balaban J connectivity index is 2.11. The van der Waals surface area contributed by atoms with E-state index in [1.165, 1.54) is 0 Å². The number of methoxy groups -OCH3 is 3. The molecular formula is C17H25NO4. The Morgan fingerprint density at radius 3 is 2.50 bits per heavy atom. The van der Waals surface area contributed by atoms with Gasteiger partial charge in [0.1, 0.15) is 11.5 Å². The van der Waals surface area contributed by atoms with Gasteiger partial charge in [0.05, 0.1) is 32.3 Å². The van der Waals surface area contributed by atoms with Gasteiger partial charge in [-0.2, -0.15) is 0 Å². The summed E-state index contributed by atoms with van der Waals surface area (Å²) in [7, 11) is 4.87. The fourth-order valence-corrected chi connectivity index (χ4v) is 2.92. The molecule has 0 saturated heterocycles. The number of carbonyl (C=O) groups is 1. The molecule has 1 aromatic rings. The summed E-state index contributed by atoms with van der Waals surface area (Å²) in [5.41, 5.74) is 0.575. The Morgan fingerprint density at radius 2 is 2.00 bits per heavy atom. The van der Waals surface area contributed by atoms with E-state index < -0.39 is 0 Å². The third-order valence-corrected chi connectivity index (χ3v) is 4.47. The second-order valence-electron chi connectivity index (χ2n) is 5.87. The van der Waals surface area contributed by atoms with Crippen LogP contribution in [-0.4, -0.2) is 33.8 Å². The molecule has 0 radical (unpaired) electrons. The highest BCUT2D eigenvalue weighted by atomic mass is 16.5. The smallest absolute Gasteiger partial charge is 0.229 e. The van der Waals surface area contributed by atoms with Gasteiger partial charge in [0, 0.05) is 18.7 Å². The summed E-state index contributed by atoms with van der Waals surface area (Å²) in [6, 6.07) is 5.48. The van der Waals surface area contributed by atoms with Crippen LogP contribution in [0, 0.1) is 5.41 Å². The number of rotatable bonds is 7. The van der Waals surface area contributed by atoms with Crippen LogP contribution >= 0.6 is 0 Å². The molecule has 1 amide bonds. The maximum atomic E-state index is 12.6. The molecule has 2 rings (SSSR count). The third-order valence-electron chi connectivity index (χ3n) is 4.47. The van der Waals surface area contributed by atoms with Crippen LogP contribution in [0.5, 0.6) is 11.5 Å². The van der Waals surface area contributed by atoms with Gasteiger partial charge in [0.2, 0.25) is 5.91 Å². The van der Waals surface area contributed by atoms with E-state index in [1.54, 1.807) is 21.3 Å². The number of amides is 1. The van der Waals surface area contributed by atoms with Crippen molar-refractivity contribution in [3.63, 3.8) is 0 Å². The van der Waals surface area contributed by atoms with Crippen molar-refractivity contribution in [2.75, 3.05) is 27.9 Å². The first kappa shape index (κ1) is 16.6. The van der Waals surface area contributed by atoms with Crippen molar-refractivity contribution >= 4 is 5.91 Å². The van der Waals surface area contributed by atoms with E-state index >= 15 is 0 Å². The van der Waals surface area contributed by atoms with Crippen molar-refractivity contribution in [3.8, 4) is 11.5 Å². The van der Waals surface area contributed by atoms with Crippen molar-refractivity contribution in [3.05, 3.63) is 23.8 Å². The minimum atomic E-state index is -0.358. The molecule has 5 nitrogen and oxygen atoms in total. The second-order valence-corrected chi connectivity index (χ2v) is 5.87. The lowest BCUT2D eigenvalue weighted by Gasteiger charge is -2.40. The highest BCUT2D eigenvalue weighted by Crippen LogP contribution is 2.42. The maximum absolute atomic E-state index is 12.6. The third kappa shape index (κ3) is 3.19. The summed E-state index contributed by atoms with van der Waals surface area (Å²) in [5.74, 6) is 1.50. The summed E-state index contributed by atoms with van der Waals surface area (Å²) in [4.78, 5) is 12.6. The van der Waals surface area contributed by atoms with Crippen LogP contribution < -0.4 is 14.8 Å². The molecule has 1 aliphatic rings. The molecule has 22 heavy (non-hydrogen) atoms. The maximum Gasteiger partial charge on any atom is 0.229 e. The minimum Gasteiger partial charge on any atom is -0.497 e. The van der Waals surface area contributed by atoms with E-state index in [0.29, 0.717) is 12.4 Å². The van der Waals surface area contributed by atoms with E-state index in [2.05, 4.69) is 5.32 Å². The van der Waals surface area contributed by atoms with Gasteiger partial charge in [-0.05, 0) is 31.9 Å². The van der Waals surface area contributed by atoms with Crippen molar-refractivity contribution in [2.24, 2.45) is 5.41 Å². The van der Waals surface area contributed by atoms with Gasteiger partial charge in [-0.25, -0.2) is 0 Å². The molecule has 1 N–H and O–H groups in total. The van der Waals surface area contributed by atoms with Crippen molar-refractivity contribution in [2.45, 2.75) is 32.2 Å². The number of nitrogens with one attached hydrogen (secondary N) is 1. The van der Waals surface area contributed by atoms with Crippen molar-refractivity contribution in [1.29, 1.82) is 0 Å². The van der Waals surface area contributed by atoms with Gasteiger partial charge in [-0.3, -0.25) is 4.79 Å². The molecule has 1 fully saturated rings. The molecule has 1 saturated carbocycles. The van der Waals surface area contributed by atoms with E-state index in [9.17, 15) is 4.79 Å². The Kier molecular flexibility index (Phi) is 5.29. The average molecular weight is 307 g/mol. The number of hydrogen-bond donors (Lipinski definition) is 1. The van der Waals surface area contributed by atoms with E-state index in [-0.39, 0.29) is 17.4 Å². The Hall–Kier alpha value is -1.75. The normalized spacial score (nSPS) is 17.3. The van der Waals surface area contributed by atoms with E-state index in [0.717, 1.165) is 30.6 Å². The van der Waals surface area contributed by atoms with Crippen LogP contribution in [0.15, 0.2) is 18.2 Å².